The molecule has 8 rings (SSSR count). The highest BCUT2D eigenvalue weighted by molar-refractivity contribution is 6.35. The largest absolute Gasteiger partial charge is 0.619 e. The van der Waals surface area contributed by atoms with Crippen molar-refractivity contribution in [3.8, 4) is 11.5 Å². The number of esters is 2. The second-order valence-corrected chi connectivity index (χ2v) is 15.6. The third-order valence-corrected chi connectivity index (χ3v) is 11.2. The van der Waals surface area contributed by atoms with Crippen molar-refractivity contribution < 1.29 is 51.2 Å². The van der Waals surface area contributed by atoms with Crippen LogP contribution in [0, 0.1) is 22.9 Å². The third kappa shape index (κ3) is 11.1. The van der Waals surface area contributed by atoms with Crippen molar-refractivity contribution in [1.82, 2.24) is 10.2 Å². The van der Waals surface area contributed by atoms with Crippen LogP contribution in [0.25, 0.3) is 0 Å². The Morgan fingerprint density at radius 2 is 1.66 bits per heavy atom. The van der Waals surface area contributed by atoms with E-state index >= 15 is 0 Å². The molecule has 4 aliphatic rings. The van der Waals surface area contributed by atoms with E-state index in [4.69, 9.17) is 37.4 Å². The summed E-state index contributed by atoms with van der Waals surface area (Å²) in [5.41, 5.74) is 1.40. The van der Waals surface area contributed by atoms with E-state index in [-0.39, 0.29) is 63.6 Å². The van der Waals surface area contributed by atoms with E-state index in [0.29, 0.717) is 28.1 Å². The minimum Gasteiger partial charge on any atom is -0.619 e. The number of fused-ring (bicyclic) bond motifs is 3. The number of alkyl halides is 2. The molecule has 4 heterocycles. The Labute approximate surface area is 348 Å². The number of hydrogen-bond acceptors (Lipinski definition) is 10. The fourth-order valence-corrected chi connectivity index (χ4v) is 7.86. The topological polar surface area (TPSA) is 142 Å². The molecule has 2 N–H and O–H groups in total. The molecule has 4 fully saturated rings. The summed E-state index contributed by atoms with van der Waals surface area (Å²) >= 11 is 12.7. The second kappa shape index (κ2) is 18.8. The number of rotatable bonds is 17. The predicted molar refractivity (Wildman–Crippen MR) is 210 cm³/mol. The van der Waals surface area contributed by atoms with Crippen LogP contribution in [0.4, 0.5) is 18.9 Å². The summed E-state index contributed by atoms with van der Waals surface area (Å²) in [6.45, 7) is -0.887. The van der Waals surface area contributed by atoms with E-state index in [1.54, 1.807) is 18.2 Å². The number of ether oxygens (including phenoxy) is 4. The standard InChI is InChI=1S/C42H41Cl2F3N4O8/c43-32-20-51(55)21-33(44)31(32)18-35(26-9-10-34(59-42(46)47)36(17-26)56-23-24-7-8-24)57-38(52)19-48-40(53)28-4-2-6-30(16-28)49-39(27-3-1-5-29(45)15-27)41(54)58-37-22-50-13-11-25(37)12-14-50/h1-6,9-10,15-17,20-21,24-25,35,37,39,42,49H,7-8,11-14,18-19,22-23H2,(H,48,53)/t35?,37-,39?/m0/s1. The fourth-order valence-electron chi connectivity index (χ4n) is 7.26. The SMILES string of the molecule is O=C(CNC(=O)c1cccc(NC(C(=O)O[C@H]2CN3CCC2CC3)c2cccc(F)c2)c1)OC(Cc1c(Cl)c[n+]([O-])cc1Cl)c1ccc(OC(F)F)c(OCC2CC2)c1. The van der Waals surface area contributed by atoms with Crippen LogP contribution in [-0.4, -0.2) is 68.2 Å². The number of nitrogens with one attached hydrogen (secondary N) is 2. The highest BCUT2D eigenvalue weighted by atomic mass is 35.5. The molecular formula is C42H41Cl2F3N4O8. The average molecular weight is 858 g/mol. The van der Waals surface area contributed by atoms with Gasteiger partial charge in [0.05, 0.1) is 6.61 Å². The monoisotopic (exact) mass is 856 g/mol. The van der Waals surface area contributed by atoms with Gasteiger partial charge >= 0.3 is 18.6 Å². The average Bonchev–Trinajstić information content (AvgIpc) is 4.04. The van der Waals surface area contributed by atoms with E-state index in [1.165, 1.54) is 48.5 Å². The summed E-state index contributed by atoms with van der Waals surface area (Å²) in [5.74, 6) is -2.32. The molecule has 0 radical (unpaired) electrons. The van der Waals surface area contributed by atoms with Crippen LogP contribution < -0.4 is 24.8 Å². The molecule has 4 aromatic rings. The minimum absolute atomic E-state index is 0.00657. The lowest BCUT2D eigenvalue weighted by Crippen LogP contribution is -2.52. The van der Waals surface area contributed by atoms with E-state index in [0.717, 1.165) is 51.2 Å². The Morgan fingerprint density at radius 3 is 2.34 bits per heavy atom. The smallest absolute Gasteiger partial charge is 0.387 e. The van der Waals surface area contributed by atoms with Gasteiger partial charge in [-0.05, 0) is 104 Å². The zero-order valence-electron chi connectivity index (χ0n) is 31.6. The zero-order valence-corrected chi connectivity index (χ0v) is 33.1. The van der Waals surface area contributed by atoms with Gasteiger partial charge in [0, 0.05) is 29.8 Å². The number of amides is 1. The molecule has 3 saturated heterocycles. The van der Waals surface area contributed by atoms with Crippen LogP contribution in [-0.2, 0) is 25.5 Å². The van der Waals surface area contributed by atoms with Crippen LogP contribution in [0.15, 0.2) is 79.1 Å². The number of carbonyl (C=O) groups excluding carboxylic acids is 3. The van der Waals surface area contributed by atoms with E-state index < -0.39 is 49.0 Å². The van der Waals surface area contributed by atoms with E-state index in [2.05, 4.69) is 20.3 Å². The first-order valence-electron chi connectivity index (χ1n) is 19.2. The number of carbonyl (C=O) groups is 3. The highest BCUT2D eigenvalue weighted by Crippen LogP contribution is 2.38. The Hall–Kier alpha value is -5.25. The molecule has 1 aliphatic carbocycles. The molecular weight excluding hydrogens is 816 g/mol. The maximum atomic E-state index is 14.4. The van der Waals surface area contributed by atoms with Crippen molar-refractivity contribution in [1.29, 1.82) is 0 Å². The molecule has 3 aromatic carbocycles. The second-order valence-electron chi connectivity index (χ2n) is 14.8. The van der Waals surface area contributed by atoms with E-state index in [1.807, 2.05) is 0 Å². The molecule has 12 nitrogen and oxygen atoms in total. The Balaban J connectivity index is 1.05. The summed E-state index contributed by atoms with van der Waals surface area (Å²) in [6.07, 6.45) is 4.33. The van der Waals surface area contributed by atoms with Crippen LogP contribution in [0.1, 0.15) is 64.9 Å². The van der Waals surface area contributed by atoms with Gasteiger partial charge in [-0.25, -0.2) is 9.18 Å². The predicted octanol–water partition coefficient (Wildman–Crippen LogP) is 7.20. The molecule has 17 heteroatoms. The molecule has 1 saturated carbocycles. The fraction of sp³-hybridized carbons (Fsp3) is 0.381. The van der Waals surface area contributed by atoms with Gasteiger partial charge < -0.3 is 34.8 Å². The van der Waals surface area contributed by atoms with Crippen LogP contribution >= 0.6 is 23.2 Å². The molecule has 3 atom stereocenters. The summed E-state index contributed by atoms with van der Waals surface area (Å²) in [4.78, 5) is 42.7. The Kier molecular flexibility index (Phi) is 13.3. The number of anilines is 1. The lowest BCUT2D eigenvalue weighted by atomic mass is 9.86. The summed E-state index contributed by atoms with van der Waals surface area (Å²) in [7, 11) is 0. The van der Waals surface area contributed by atoms with Crippen molar-refractivity contribution in [2.75, 3.05) is 38.1 Å². The highest BCUT2D eigenvalue weighted by Gasteiger charge is 2.38. The molecule has 2 unspecified atom stereocenters. The first kappa shape index (κ1) is 41.9. The Morgan fingerprint density at radius 1 is 0.915 bits per heavy atom. The van der Waals surface area contributed by atoms with Crippen LogP contribution in [0.5, 0.6) is 11.5 Å². The van der Waals surface area contributed by atoms with Crippen molar-refractivity contribution in [2.24, 2.45) is 11.8 Å². The van der Waals surface area contributed by atoms with E-state index in [9.17, 15) is 32.8 Å². The first-order valence-corrected chi connectivity index (χ1v) is 19.9. The number of aromatic nitrogens is 1. The van der Waals surface area contributed by atoms with Gasteiger partial charge in [-0.2, -0.15) is 13.5 Å². The first-order chi connectivity index (χ1) is 28.4. The minimum atomic E-state index is -3.12. The number of nitrogens with zero attached hydrogens (tertiary/aromatic N) is 2. The van der Waals surface area contributed by atoms with Gasteiger partial charge in [-0.1, -0.05) is 47.5 Å². The molecule has 312 valence electrons. The van der Waals surface area contributed by atoms with Crippen molar-refractivity contribution in [2.45, 2.75) is 57.0 Å². The van der Waals surface area contributed by atoms with Gasteiger partial charge in [-0.15, -0.1) is 0 Å². The molecule has 1 amide bonds. The normalized spacial score (nSPS) is 19.4. The number of hydrogen-bond donors (Lipinski definition) is 2. The summed E-state index contributed by atoms with van der Waals surface area (Å²) in [5, 5.41) is 17.5. The van der Waals surface area contributed by atoms with Gasteiger partial charge in [-0.3, -0.25) is 14.5 Å². The molecule has 1 aromatic heterocycles. The van der Waals surface area contributed by atoms with Crippen molar-refractivity contribution >= 4 is 46.7 Å². The number of halogens is 5. The molecule has 3 aliphatic heterocycles. The van der Waals surface area contributed by atoms with Crippen molar-refractivity contribution in [3.05, 3.63) is 122 Å². The number of piperidine rings is 3. The molecule has 59 heavy (non-hydrogen) atoms. The summed E-state index contributed by atoms with van der Waals surface area (Å²) < 4.78 is 63.6. The zero-order chi connectivity index (χ0) is 41.6. The third-order valence-electron chi connectivity index (χ3n) is 10.6. The lowest BCUT2D eigenvalue weighted by Gasteiger charge is -2.44. The van der Waals surface area contributed by atoms with Crippen molar-refractivity contribution in [3.63, 3.8) is 0 Å². The quantitative estimate of drug-likeness (QED) is 0.0636. The van der Waals surface area contributed by atoms with Crippen LogP contribution in [0.2, 0.25) is 10.0 Å². The Bertz CT molecular complexity index is 2150. The molecule has 2 bridgehead atoms. The number of benzene rings is 3. The maximum absolute atomic E-state index is 14.4. The number of pyridine rings is 1. The molecule has 0 spiro atoms. The maximum Gasteiger partial charge on any atom is 0.387 e. The summed E-state index contributed by atoms with van der Waals surface area (Å²) in [6, 6.07) is 14.8. The van der Waals surface area contributed by atoms with Gasteiger partial charge in [0.15, 0.2) is 29.9 Å². The van der Waals surface area contributed by atoms with Crippen LogP contribution in [0.3, 0.4) is 0 Å². The van der Waals surface area contributed by atoms with Gasteiger partial charge in [0.2, 0.25) is 0 Å². The van der Waals surface area contributed by atoms with Gasteiger partial charge in [0.1, 0.15) is 34.6 Å². The lowest BCUT2D eigenvalue weighted by molar-refractivity contribution is -0.605. The van der Waals surface area contributed by atoms with Gasteiger partial charge in [0.25, 0.3) is 5.91 Å².